The van der Waals surface area contributed by atoms with Gasteiger partial charge in [-0.25, -0.2) is 14.4 Å². The van der Waals surface area contributed by atoms with Gasteiger partial charge < -0.3 is 10.6 Å². The molecule has 6 heteroatoms. The summed E-state index contributed by atoms with van der Waals surface area (Å²) in [4.78, 5) is 9.23. The van der Waals surface area contributed by atoms with Crippen molar-refractivity contribution < 1.29 is 4.39 Å². The van der Waals surface area contributed by atoms with E-state index in [-0.39, 0.29) is 6.04 Å². The van der Waals surface area contributed by atoms with Crippen LogP contribution in [0.4, 0.5) is 10.2 Å². The van der Waals surface area contributed by atoms with Crippen LogP contribution in [0.2, 0.25) is 0 Å². The van der Waals surface area contributed by atoms with E-state index in [1.165, 1.54) is 18.4 Å². The van der Waals surface area contributed by atoms with Crippen LogP contribution in [0.3, 0.4) is 0 Å². The van der Waals surface area contributed by atoms with E-state index in [0.29, 0.717) is 18.3 Å². The molecular weight excluding hydrogens is 329 g/mol. The lowest BCUT2D eigenvalue weighted by molar-refractivity contribution is 0.244. The van der Waals surface area contributed by atoms with E-state index in [1.807, 2.05) is 24.4 Å². The summed E-state index contributed by atoms with van der Waals surface area (Å²) in [6.45, 7) is 1.23. The first-order chi connectivity index (χ1) is 12.8. The van der Waals surface area contributed by atoms with Crippen LogP contribution in [0.1, 0.15) is 30.7 Å². The summed E-state index contributed by atoms with van der Waals surface area (Å²) in [5, 5.41) is 6.34. The van der Waals surface area contributed by atoms with Crippen molar-refractivity contribution in [1.82, 2.24) is 19.7 Å². The van der Waals surface area contributed by atoms with Gasteiger partial charge in [-0.05, 0) is 55.5 Å². The lowest BCUT2D eigenvalue weighted by Crippen LogP contribution is -2.45. The van der Waals surface area contributed by atoms with Gasteiger partial charge in [-0.1, -0.05) is 12.1 Å². The Labute approximate surface area is 151 Å². The molecule has 2 N–H and O–H groups in total. The van der Waals surface area contributed by atoms with E-state index >= 15 is 0 Å². The maximum absolute atomic E-state index is 14.1. The van der Waals surface area contributed by atoms with Crippen molar-refractivity contribution in [3.8, 4) is 11.4 Å². The number of rotatable bonds is 4. The van der Waals surface area contributed by atoms with Gasteiger partial charge in [0.25, 0.3) is 0 Å². The van der Waals surface area contributed by atoms with Crippen LogP contribution >= 0.6 is 0 Å². The van der Waals surface area contributed by atoms with Crippen molar-refractivity contribution in [3.05, 3.63) is 48.3 Å². The summed E-state index contributed by atoms with van der Waals surface area (Å²) in [5.74, 6) is 1.40. The molecule has 0 aromatic carbocycles. The first-order valence-corrected chi connectivity index (χ1v) is 9.34. The maximum Gasteiger partial charge on any atom is 0.137 e. The highest BCUT2D eigenvalue weighted by molar-refractivity contribution is 5.62. The van der Waals surface area contributed by atoms with E-state index in [2.05, 4.69) is 38.3 Å². The number of hydrogen-bond acceptors (Lipinski definition) is 4. The van der Waals surface area contributed by atoms with E-state index < -0.39 is 6.17 Å². The van der Waals surface area contributed by atoms with E-state index in [4.69, 9.17) is 4.98 Å². The van der Waals surface area contributed by atoms with Crippen LogP contribution in [-0.4, -0.2) is 39.7 Å². The fraction of sp³-hybridized carbons (Fsp3) is 0.400. The molecule has 2 aliphatic rings. The molecule has 2 fully saturated rings. The second kappa shape index (κ2) is 6.36. The minimum Gasteiger partial charge on any atom is -0.364 e. The molecule has 4 heterocycles. The zero-order chi connectivity index (χ0) is 17.5. The number of fused-ring (bicyclic) bond motifs is 1. The van der Waals surface area contributed by atoms with Crippen molar-refractivity contribution >= 4 is 11.5 Å². The van der Waals surface area contributed by atoms with Crippen LogP contribution < -0.4 is 10.6 Å². The SMILES string of the molecule is F[C@H]1CNCC[C@@H]1Nc1cccc(-c2cnc3ccc(C4CC4)cn23)n1. The Morgan fingerprint density at radius 2 is 2.08 bits per heavy atom. The Hall–Kier alpha value is -2.47. The minimum atomic E-state index is -0.897. The van der Waals surface area contributed by atoms with E-state index in [1.54, 1.807) is 0 Å². The van der Waals surface area contributed by atoms with Crippen LogP contribution in [-0.2, 0) is 0 Å². The highest BCUT2D eigenvalue weighted by atomic mass is 19.1. The van der Waals surface area contributed by atoms with Gasteiger partial charge in [-0.15, -0.1) is 0 Å². The number of imidazole rings is 1. The molecule has 134 valence electrons. The third-order valence-corrected chi connectivity index (χ3v) is 5.33. The summed E-state index contributed by atoms with van der Waals surface area (Å²) in [6, 6.07) is 9.89. The topological polar surface area (TPSA) is 54.2 Å². The normalized spacial score (nSPS) is 23.3. The molecule has 0 unspecified atom stereocenters. The molecule has 0 spiro atoms. The number of alkyl halides is 1. The molecule has 1 saturated carbocycles. The second-order valence-corrected chi connectivity index (χ2v) is 7.28. The molecule has 0 bridgehead atoms. The number of nitrogens with zero attached hydrogens (tertiary/aromatic N) is 3. The molecule has 3 aromatic heterocycles. The molecule has 5 rings (SSSR count). The molecule has 0 radical (unpaired) electrons. The second-order valence-electron chi connectivity index (χ2n) is 7.28. The number of piperidine rings is 1. The standard InChI is InChI=1S/C20H22FN5/c21-15-10-22-9-8-16(15)24-19-3-1-2-17(25-19)18-11-23-20-7-6-14(12-26(18)20)13-4-5-13/h1-3,6-7,11-13,15-16,22H,4-5,8-10H2,(H,24,25)/t15-,16-/m0/s1. The van der Waals surface area contributed by atoms with Gasteiger partial charge in [0.15, 0.2) is 0 Å². The lowest BCUT2D eigenvalue weighted by atomic mass is 10.1. The zero-order valence-electron chi connectivity index (χ0n) is 14.5. The van der Waals surface area contributed by atoms with Crippen LogP contribution in [0.25, 0.3) is 17.0 Å². The van der Waals surface area contributed by atoms with Gasteiger partial charge in [0.1, 0.15) is 17.6 Å². The van der Waals surface area contributed by atoms with Crippen LogP contribution in [0.15, 0.2) is 42.7 Å². The van der Waals surface area contributed by atoms with Crippen LogP contribution in [0, 0.1) is 0 Å². The lowest BCUT2D eigenvalue weighted by Gasteiger charge is -2.27. The quantitative estimate of drug-likeness (QED) is 0.757. The van der Waals surface area contributed by atoms with Crippen LogP contribution in [0.5, 0.6) is 0 Å². The van der Waals surface area contributed by atoms with Crippen molar-refractivity contribution in [2.24, 2.45) is 0 Å². The first kappa shape index (κ1) is 15.8. The van der Waals surface area contributed by atoms with E-state index in [0.717, 1.165) is 30.0 Å². The maximum atomic E-state index is 14.1. The van der Waals surface area contributed by atoms with Crippen molar-refractivity contribution in [3.63, 3.8) is 0 Å². The first-order valence-electron chi connectivity index (χ1n) is 9.34. The van der Waals surface area contributed by atoms with E-state index in [9.17, 15) is 4.39 Å². The van der Waals surface area contributed by atoms with Gasteiger partial charge in [0.2, 0.25) is 0 Å². The molecule has 1 aliphatic heterocycles. The monoisotopic (exact) mass is 351 g/mol. The Balaban J connectivity index is 1.46. The molecule has 1 saturated heterocycles. The Morgan fingerprint density at radius 3 is 2.92 bits per heavy atom. The molecule has 26 heavy (non-hydrogen) atoms. The number of anilines is 1. The number of hydrogen-bond donors (Lipinski definition) is 2. The third-order valence-electron chi connectivity index (χ3n) is 5.33. The molecule has 5 nitrogen and oxygen atoms in total. The summed E-state index contributed by atoms with van der Waals surface area (Å²) in [5.41, 5.74) is 4.10. The van der Waals surface area contributed by atoms with Gasteiger partial charge in [0.05, 0.1) is 23.6 Å². The Kier molecular flexibility index (Phi) is 3.85. The molecule has 0 amide bonds. The largest absolute Gasteiger partial charge is 0.364 e. The smallest absolute Gasteiger partial charge is 0.137 e. The average molecular weight is 351 g/mol. The number of nitrogens with one attached hydrogen (secondary N) is 2. The predicted molar refractivity (Wildman–Crippen MR) is 100 cm³/mol. The summed E-state index contributed by atoms with van der Waals surface area (Å²) < 4.78 is 16.2. The zero-order valence-corrected chi connectivity index (χ0v) is 14.5. The van der Waals surface area contributed by atoms with Gasteiger partial charge >= 0.3 is 0 Å². The van der Waals surface area contributed by atoms with Gasteiger partial charge in [-0.3, -0.25) is 4.40 Å². The fourth-order valence-electron chi connectivity index (χ4n) is 3.68. The fourth-order valence-corrected chi connectivity index (χ4v) is 3.68. The molecule has 2 atom stereocenters. The predicted octanol–water partition coefficient (Wildman–Crippen LogP) is 3.39. The average Bonchev–Trinajstić information content (AvgIpc) is 3.43. The number of aromatic nitrogens is 3. The highest BCUT2D eigenvalue weighted by Gasteiger charge is 2.25. The molecule has 3 aromatic rings. The number of pyridine rings is 2. The minimum absolute atomic E-state index is 0.192. The Morgan fingerprint density at radius 1 is 1.15 bits per heavy atom. The highest BCUT2D eigenvalue weighted by Crippen LogP contribution is 2.40. The van der Waals surface area contributed by atoms with Gasteiger partial charge in [-0.2, -0.15) is 0 Å². The third kappa shape index (κ3) is 2.94. The van der Waals surface area contributed by atoms with Crippen molar-refractivity contribution in [1.29, 1.82) is 0 Å². The summed E-state index contributed by atoms with van der Waals surface area (Å²) in [7, 11) is 0. The van der Waals surface area contributed by atoms with Crippen molar-refractivity contribution in [2.45, 2.75) is 37.4 Å². The van der Waals surface area contributed by atoms with Crippen molar-refractivity contribution in [2.75, 3.05) is 18.4 Å². The number of halogens is 1. The molecule has 1 aliphatic carbocycles. The van der Waals surface area contributed by atoms with Gasteiger partial charge in [0, 0.05) is 12.7 Å². The summed E-state index contributed by atoms with van der Waals surface area (Å²) >= 11 is 0. The Bertz CT molecular complexity index is 933. The molecular formula is C20H22FN5. The summed E-state index contributed by atoms with van der Waals surface area (Å²) in [6.07, 6.45) is 6.45.